The molecule has 0 atom stereocenters. The van der Waals surface area contributed by atoms with Crippen LogP contribution in [0.5, 0.6) is 0 Å². The van der Waals surface area contributed by atoms with E-state index in [4.69, 9.17) is 0 Å². The molecule has 0 aliphatic rings. The number of carbonyl (C=O) groups is 1. The minimum atomic E-state index is -0.186. The maximum absolute atomic E-state index is 12.4. The smallest absolute Gasteiger partial charge is 0.279 e. The molecule has 22 heavy (non-hydrogen) atoms. The van der Waals surface area contributed by atoms with Gasteiger partial charge in [0, 0.05) is 12.6 Å². The molecule has 0 N–H and O–H groups in total. The van der Waals surface area contributed by atoms with Crippen LogP contribution in [0, 0.1) is 20.8 Å². The molecule has 0 saturated heterocycles. The summed E-state index contributed by atoms with van der Waals surface area (Å²) in [5.41, 5.74) is 5.19. The van der Waals surface area contributed by atoms with Crippen molar-refractivity contribution in [3.05, 3.63) is 63.5 Å². The standard InChI is InChI=1S/C18H18N2OS/c1-11-9-13(3)16-15(10-11)22-18(20(16)4)19-17(21)14-8-6-5-7-12(14)2/h5-10H,1-4H3. The van der Waals surface area contributed by atoms with Crippen LogP contribution in [-0.2, 0) is 7.05 Å². The number of hydrogen-bond acceptors (Lipinski definition) is 2. The van der Waals surface area contributed by atoms with Crippen LogP contribution in [0.15, 0.2) is 41.4 Å². The molecule has 2 aromatic carbocycles. The van der Waals surface area contributed by atoms with E-state index < -0.39 is 0 Å². The van der Waals surface area contributed by atoms with Gasteiger partial charge in [0.2, 0.25) is 0 Å². The maximum Gasteiger partial charge on any atom is 0.279 e. The average molecular weight is 310 g/mol. The van der Waals surface area contributed by atoms with Crippen LogP contribution in [0.2, 0.25) is 0 Å². The van der Waals surface area contributed by atoms with Crippen molar-refractivity contribution in [1.29, 1.82) is 0 Å². The molecule has 4 heteroatoms. The van der Waals surface area contributed by atoms with Crippen LogP contribution in [0.3, 0.4) is 0 Å². The van der Waals surface area contributed by atoms with Gasteiger partial charge in [-0.1, -0.05) is 35.6 Å². The highest BCUT2D eigenvalue weighted by molar-refractivity contribution is 7.16. The minimum Gasteiger partial charge on any atom is -0.319 e. The molecule has 0 aliphatic heterocycles. The van der Waals surface area contributed by atoms with Crippen LogP contribution in [0.25, 0.3) is 10.2 Å². The Labute approximate surface area is 133 Å². The zero-order chi connectivity index (χ0) is 15.9. The van der Waals surface area contributed by atoms with Crippen LogP contribution < -0.4 is 4.80 Å². The lowest BCUT2D eigenvalue weighted by atomic mass is 10.1. The second-order valence-electron chi connectivity index (χ2n) is 5.60. The van der Waals surface area contributed by atoms with E-state index in [1.807, 2.05) is 42.8 Å². The average Bonchev–Trinajstić information content (AvgIpc) is 2.75. The number of amides is 1. The van der Waals surface area contributed by atoms with Crippen LogP contribution >= 0.6 is 11.3 Å². The third kappa shape index (κ3) is 2.50. The lowest BCUT2D eigenvalue weighted by Crippen LogP contribution is -2.14. The molecule has 0 aliphatic carbocycles. The summed E-state index contributed by atoms with van der Waals surface area (Å²) in [5, 5.41) is 0. The number of nitrogens with zero attached hydrogens (tertiary/aromatic N) is 2. The summed E-state index contributed by atoms with van der Waals surface area (Å²) in [4.78, 5) is 17.5. The van der Waals surface area contributed by atoms with Gasteiger partial charge in [0.25, 0.3) is 5.91 Å². The predicted molar refractivity (Wildman–Crippen MR) is 91.3 cm³/mol. The van der Waals surface area contributed by atoms with Crippen molar-refractivity contribution < 1.29 is 4.79 Å². The van der Waals surface area contributed by atoms with Crippen LogP contribution in [0.1, 0.15) is 27.0 Å². The fraction of sp³-hybridized carbons (Fsp3) is 0.222. The predicted octanol–water partition coefficient (Wildman–Crippen LogP) is 3.91. The van der Waals surface area contributed by atoms with Crippen molar-refractivity contribution in [2.45, 2.75) is 20.8 Å². The SMILES string of the molecule is Cc1cc(C)c2c(c1)sc(=NC(=O)c1ccccc1C)n2C. The number of rotatable bonds is 1. The zero-order valence-corrected chi connectivity index (χ0v) is 14.0. The highest BCUT2D eigenvalue weighted by atomic mass is 32.1. The lowest BCUT2D eigenvalue weighted by molar-refractivity contribution is 0.0997. The van der Waals surface area contributed by atoms with Crippen molar-refractivity contribution in [3.63, 3.8) is 0 Å². The van der Waals surface area contributed by atoms with E-state index in [1.165, 1.54) is 11.1 Å². The first-order valence-corrected chi connectivity index (χ1v) is 8.00. The fourth-order valence-electron chi connectivity index (χ4n) is 2.75. The van der Waals surface area contributed by atoms with E-state index in [1.54, 1.807) is 11.3 Å². The topological polar surface area (TPSA) is 34.4 Å². The molecule has 1 heterocycles. The first-order valence-electron chi connectivity index (χ1n) is 7.19. The Morgan fingerprint density at radius 2 is 1.82 bits per heavy atom. The molecule has 0 unspecified atom stereocenters. The Hall–Kier alpha value is -2.20. The Bertz CT molecular complexity index is 947. The molecule has 3 nitrogen and oxygen atoms in total. The maximum atomic E-state index is 12.4. The number of thiazole rings is 1. The first kappa shape index (κ1) is 14.7. The van der Waals surface area contributed by atoms with Crippen molar-refractivity contribution >= 4 is 27.5 Å². The van der Waals surface area contributed by atoms with E-state index in [0.717, 1.165) is 20.6 Å². The highest BCUT2D eigenvalue weighted by Gasteiger charge is 2.10. The van der Waals surface area contributed by atoms with E-state index in [-0.39, 0.29) is 5.91 Å². The molecule has 1 amide bonds. The molecule has 0 bridgehead atoms. The van der Waals surface area contributed by atoms with E-state index in [9.17, 15) is 4.79 Å². The minimum absolute atomic E-state index is 0.186. The van der Waals surface area contributed by atoms with Crippen molar-refractivity contribution in [2.75, 3.05) is 0 Å². The number of aromatic nitrogens is 1. The summed E-state index contributed by atoms with van der Waals surface area (Å²) >= 11 is 1.56. The Morgan fingerprint density at radius 1 is 1.09 bits per heavy atom. The Kier molecular flexibility index (Phi) is 3.71. The Morgan fingerprint density at radius 3 is 2.55 bits per heavy atom. The van der Waals surface area contributed by atoms with E-state index >= 15 is 0 Å². The van der Waals surface area contributed by atoms with Gasteiger partial charge in [0.05, 0.1) is 10.2 Å². The van der Waals surface area contributed by atoms with Gasteiger partial charge in [-0.3, -0.25) is 4.79 Å². The van der Waals surface area contributed by atoms with Gasteiger partial charge in [-0.2, -0.15) is 4.99 Å². The summed E-state index contributed by atoms with van der Waals surface area (Å²) < 4.78 is 3.17. The third-order valence-electron chi connectivity index (χ3n) is 3.81. The molecule has 3 aromatic rings. The van der Waals surface area contributed by atoms with Gasteiger partial charge in [-0.05, 0) is 49.6 Å². The van der Waals surface area contributed by atoms with Gasteiger partial charge in [0.1, 0.15) is 0 Å². The third-order valence-corrected chi connectivity index (χ3v) is 4.88. The molecule has 0 radical (unpaired) electrons. The van der Waals surface area contributed by atoms with Gasteiger partial charge in [-0.15, -0.1) is 0 Å². The molecule has 0 saturated carbocycles. The number of carbonyl (C=O) groups excluding carboxylic acids is 1. The van der Waals surface area contributed by atoms with Gasteiger partial charge >= 0.3 is 0 Å². The summed E-state index contributed by atoms with van der Waals surface area (Å²) in [6, 6.07) is 11.9. The van der Waals surface area contributed by atoms with Gasteiger partial charge < -0.3 is 4.57 Å². The van der Waals surface area contributed by atoms with E-state index in [2.05, 4.69) is 31.0 Å². The van der Waals surface area contributed by atoms with Crippen molar-refractivity contribution in [3.8, 4) is 0 Å². The van der Waals surface area contributed by atoms with Crippen LogP contribution in [0.4, 0.5) is 0 Å². The largest absolute Gasteiger partial charge is 0.319 e. The second-order valence-corrected chi connectivity index (χ2v) is 6.61. The fourth-order valence-corrected chi connectivity index (χ4v) is 3.94. The van der Waals surface area contributed by atoms with Gasteiger partial charge in [0.15, 0.2) is 4.80 Å². The lowest BCUT2D eigenvalue weighted by Gasteiger charge is -2.02. The van der Waals surface area contributed by atoms with Gasteiger partial charge in [-0.25, -0.2) is 0 Å². The number of benzene rings is 2. The molecular weight excluding hydrogens is 292 g/mol. The molecule has 3 rings (SSSR count). The Balaban J connectivity index is 2.18. The second kappa shape index (κ2) is 5.54. The van der Waals surface area contributed by atoms with Crippen LogP contribution in [-0.4, -0.2) is 10.5 Å². The van der Waals surface area contributed by atoms with E-state index in [0.29, 0.717) is 5.56 Å². The summed E-state index contributed by atoms with van der Waals surface area (Å²) in [6.45, 7) is 6.11. The quantitative estimate of drug-likeness (QED) is 0.671. The first-order chi connectivity index (χ1) is 10.5. The number of hydrogen-bond donors (Lipinski definition) is 0. The highest BCUT2D eigenvalue weighted by Crippen LogP contribution is 2.22. The summed E-state index contributed by atoms with van der Waals surface area (Å²) in [7, 11) is 1.96. The van der Waals surface area contributed by atoms with Crippen molar-refractivity contribution in [2.24, 2.45) is 12.0 Å². The number of aryl methyl sites for hydroxylation is 4. The zero-order valence-electron chi connectivity index (χ0n) is 13.2. The molecular formula is C18H18N2OS. The molecule has 0 spiro atoms. The number of fused-ring (bicyclic) bond motifs is 1. The molecule has 1 aromatic heterocycles. The molecule has 0 fully saturated rings. The monoisotopic (exact) mass is 310 g/mol. The van der Waals surface area contributed by atoms with Crippen molar-refractivity contribution in [1.82, 2.24) is 4.57 Å². The summed E-state index contributed by atoms with van der Waals surface area (Å²) in [6.07, 6.45) is 0. The normalized spacial score (nSPS) is 12.1. The summed E-state index contributed by atoms with van der Waals surface area (Å²) in [5.74, 6) is -0.186. The molecule has 112 valence electrons.